The van der Waals surface area contributed by atoms with Gasteiger partial charge >= 0.3 is 5.69 Å². The van der Waals surface area contributed by atoms with Crippen molar-refractivity contribution >= 4 is 22.6 Å². The lowest BCUT2D eigenvalue weighted by atomic mass is 10.1. The number of hydrogen-bond acceptors (Lipinski definition) is 3. The van der Waals surface area contributed by atoms with Gasteiger partial charge in [0.25, 0.3) is 5.56 Å². The molecule has 1 N–H and O–H groups in total. The van der Waals surface area contributed by atoms with Crippen LogP contribution in [0.4, 0.5) is 0 Å². The van der Waals surface area contributed by atoms with Crippen molar-refractivity contribution in [3.8, 4) is 5.75 Å². The van der Waals surface area contributed by atoms with E-state index in [9.17, 15) is 9.59 Å². The zero-order valence-electron chi connectivity index (χ0n) is 10.4. The number of methoxy groups -OCH3 is 1. The molecule has 0 unspecified atom stereocenters. The predicted molar refractivity (Wildman–Crippen MR) is 80.7 cm³/mol. The Morgan fingerprint density at radius 3 is 2.58 bits per heavy atom. The van der Waals surface area contributed by atoms with E-state index in [1.807, 2.05) is 46.9 Å². The van der Waals surface area contributed by atoms with Crippen molar-refractivity contribution < 1.29 is 4.74 Å². The molecule has 0 amide bonds. The van der Waals surface area contributed by atoms with Crippen LogP contribution in [0.25, 0.3) is 0 Å². The van der Waals surface area contributed by atoms with Crippen LogP contribution in [-0.4, -0.2) is 16.7 Å². The number of rotatable bonds is 4. The molecule has 0 fully saturated rings. The van der Waals surface area contributed by atoms with Crippen molar-refractivity contribution in [1.82, 2.24) is 9.55 Å². The number of aryl methyl sites for hydroxylation is 2. The van der Waals surface area contributed by atoms with Crippen molar-refractivity contribution in [3.05, 3.63) is 60.4 Å². The molecule has 0 spiro atoms. The van der Waals surface area contributed by atoms with Crippen LogP contribution >= 0.6 is 22.6 Å². The minimum absolute atomic E-state index is 0.341. The van der Waals surface area contributed by atoms with Gasteiger partial charge in [-0.15, -0.1) is 0 Å². The predicted octanol–water partition coefficient (Wildman–Crippen LogP) is 1.39. The van der Waals surface area contributed by atoms with Gasteiger partial charge < -0.3 is 4.74 Å². The first-order valence-electron chi connectivity index (χ1n) is 5.72. The summed E-state index contributed by atoms with van der Waals surface area (Å²) >= 11 is 1.91. The summed E-state index contributed by atoms with van der Waals surface area (Å²) in [5.41, 5.74) is 0.388. The van der Waals surface area contributed by atoms with Gasteiger partial charge in [-0.25, -0.2) is 4.79 Å². The van der Waals surface area contributed by atoms with Crippen LogP contribution < -0.4 is 16.0 Å². The number of aromatic amines is 1. The van der Waals surface area contributed by atoms with Gasteiger partial charge in [0.15, 0.2) is 0 Å². The number of aromatic nitrogens is 2. The SMILES string of the molecule is COc1ccc(CCn2cc(I)c(=O)[nH]c2=O)cc1. The molecule has 1 heterocycles. The molecular formula is C13H13IN2O3. The van der Waals surface area contributed by atoms with E-state index in [2.05, 4.69) is 4.98 Å². The standard InChI is InChI=1S/C13H13IN2O3/c1-19-10-4-2-9(3-5-10)6-7-16-8-11(14)12(17)15-13(16)18/h2-5,8H,6-7H2,1H3,(H,15,17,18). The maximum absolute atomic E-state index is 11.6. The van der Waals surface area contributed by atoms with Crippen molar-refractivity contribution in [2.24, 2.45) is 0 Å². The Hall–Kier alpha value is -1.57. The molecular weight excluding hydrogens is 359 g/mol. The molecule has 100 valence electrons. The Morgan fingerprint density at radius 2 is 1.95 bits per heavy atom. The molecule has 0 radical (unpaired) electrons. The summed E-state index contributed by atoms with van der Waals surface area (Å²) in [5.74, 6) is 0.805. The van der Waals surface area contributed by atoms with Gasteiger partial charge in [-0.3, -0.25) is 14.3 Å². The quantitative estimate of drug-likeness (QED) is 0.826. The van der Waals surface area contributed by atoms with E-state index in [0.29, 0.717) is 16.5 Å². The smallest absolute Gasteiger partial charge is 0.328 e. The minimum atomic E-state index is -0.376. The van der Waals surface area contributed by atoms with Gasteiger partial charge in [-0.1, -0.05) is 12.1 Å². The lowest BCUT2D eigenvalue weighted by Gasteiger charge is -2.06. The fourth-order valence-electron chi connectivity index (χ4n) is 1.69. The van der Waals surface area contributed by atoms with E-state index in [0.717, 1.165) is 11.3 Å². The number of ether oxygens (including phenoxy) is 1. The molecule has 0 aliphatic carbocycles. The normalized spacial score (nSPS) is 10.4. The summed E-state index contributed by atoms with van der Waals surface area (Å²) < 4.78 is 7.10. The van der Waals surface area contributed by atoms with Crippen LogP contribution in [0, 0.1) is 3.57 Å². The highest BCUT2D eigenvalue weighted by Crippen LogP contribution is 2.11. The summed E-state index contributed by atoms with van der Waals surface area (Å²) in [5, 5.41) is 0. The fourth-order valence-corrected chi connectivity index (χ4v) is 2.16. The fraction of sp³-hybridized carbons (Fsp3) is 0.231. The highest BCUT2D eigenvalue weighted by molar-refractivity contribution is 14.1. The van der Waals surface area contributed by atoms with Crippen LogP contribution in [0.15, 0.2) is 40.1 Å². The van der Waals surface area contributed by atoms with E-state index in [4.69, 9.17) is 4.74 Å². The topological polar surface area (TPSA) is 64.1 Å². The van der Waals surface area contributed by atoms with Gasteiger partial charge in [-0.2, -0.15) is 0 Å². The third-order valence-electron chi connectivity index (χ3n) is 2.77. The average molecular weight is 372 g/mol. The number of benzene rings is 1. The highest BCUT2D eigenvalue weighted by atomic mass is 127. The van der Waals surface area contributed by atoms with Gasteiger partial charge in [-0.05, 0) is 46.7 Å². The van der Waals surface area contributed by atoms with E-state index in [1.54, 1.807) is 13.3 Å². The second-order valence-corrected chi connectivity index (χ2v) is 5.19. The molecule has 2 rings (SSSR count). The number of H-pyrrole nitrogens is 1. The number of nitrogens with one attached hydrogen (secondary N) is 1. The Kier molecular flexibility index (Phi) is 4.41. The zero-order valence-corrected chi connectivity index (χ0v) is 12.5. The number of hydrogen-bond donors (Lipinski definition) is 1. The second-order valence-electron chi connectivity index (χ2n) is 4.03. The van der Waals surface area contributed by atoms with E-state index < -0.39 is 0 Å². The lowest BCUT2D eigenvalue weighted by Crippen LogP contribution is -2.31. The molecule has 1 aromatic carbocycles. The molecule has 19 heavy (non-hydrogen) atoms. The Labute approximate surface area is 123 Å². The summed E-state index contributed by atoms with van der Waals surface area (Å²) in [4.78, 5) is 25.1. The molecule has 0 aliphatic rings. The molecule has 2 aromatic rings. The third kappa shape index (κ3) is 3.46. The molecule has 1 aromatic heterocycles. The van der Waals surface area contributed by atoms with Crippen molar-refractivity contribution in [2.45, 2.75) is 13.0 Å². The molecule has 0 saturated heterocycles. The highest BCUT2D eigenvalue weighted by Gasteiger charge is 2.02. The largest absolute Gasteiger partial charge is 0.497 e. The first-order valence-corrected chi connectivity index (χ1v) is 6.80. The van der Waals surface area contributed by atoms with Crippen LogP contribution in [0.5, 0.6) is 5.75 Å². The minimum Gasteiger partial charge on any atom is -0.497 e. The van der Waals surface area contributed by atoms with Crippen LogP contribution in [0.3, 0.4) is 0 Å². The zero-order chi connectivity index (χ0) is 13.8. The summed E-state index contributed by atoms with van der Waals surface area (Å²) in [6.07, 6.45) is 2.29. The summed E-state index contributed by atoms with van der Waals surface area (Å²) in [7, 11) is 1.62. The van der Waals surface area contributed by atoms with Gasteiger partial charge in [0, 0.05) is 12.7 Å². The van der Waals surface area contributed by atoms with Crippen LogP contribution in [0.2, 0.25) is 0 Å². The number of halogens is 1. The van der Waals surface area contributed by atoms with Crippen molar-refractivity contribution in [2.75, 3.05) is 7.11 Å². The van der Waals surface area contributed by atoms with Gasteiger partial charge in [0.1, 0.15) is 5.75 Å². The van der Waals surface area contributed by atoms with E-state index in [-0.39, 0.29) is 11.2 Å². The third-order valence-corrected chi connectivity index (χ3v) is 3.54. The molecule has 6 heteroatoms. The first kappa shape index (κ1) is 13.9. The number of nitrogens with zero attached hydrogens (tertiary/aromatic N) is 1. The molecule has 0 saturated carbocycles. The summed E-state index contributed by atoms with van der Waals surface area (Å²) in [6.45, 7) is 0.526. The maximum Gasteiger partial charge on any atom is 0.328 e. The first-order chi connectivity index (χ1) is 9.10. The van der Waals surface area contributed by atoms with Gasteiger partial charge in [0.05, 0.1) is 10.7 Å². The van der Waals surface area contributed by atoms with Crippen LogP contribution in [0.1, 0.15) is 5.56 Å². The maximum atomic E-state index is 11.6. The Bertz CT molecular complexity index is 674. The molecule has 5 nitrogen and oxygen atoms in total. The van der Waals surface area contributed by atoms with E-state index in [1.165, 1.54) is 4.57 Å². The van der Waals surface area contributed by atoms with Gasteiger partial charge in [0.2, 0.25) is 0 Å². The second kappa shape index (κ2) is 6.05. The monoisotopic (exact) mass is 372 g/mol. The molecule has 0 bridgehead atoms. The summed E-state index contributed by atoms with van der Waals surface area (Å²) in [6, 6.07) is 7.69. The van der Waals surface area contributed by atoms with Crippen LogP contribution in [-0.2, 0) is 13.0 Å². The Morgan fingerprint density at radius 1 is 1.26 bits per heavy atom. The Balaban J connectivity index is 2.12. The average Bonchev–Trinajstić information content (AvgIpc) is 2.42. The molecule has 0 atom stereocenters. The van der Waals surface area contributed by atoms with Crippen molar-refractivity contribution in [3.63, 3.8) is 0 Å². The van der Waals surface area contributed by atoms with E-state index >= 15 is 0 Å². The van der Waals surface area contributed by atoms with Crippen molar-refractivity contribution in [1.29, 1.82) is 0 Å². The molecule has 0 aliphatic heterocycles. The lowest BCUT2D eigenvalue weighted by molar-refractivity contribution is 0.414.